The number of ether oxygens (including phenoxy) is 1. The van der Waals surface area contributed by atoms with Gasteiger partial charge >= 0.3 is 6.03 Å². The van der Waals surface area contributed by atoms with E-state index in [1.54, 1.807) is 0 Å². The Kier molecular flexibility index (Phi) is 6.19. The number of carbonyl (C=O) groups is 1. The maximum Gasteiger partial charge on any atom is 0.319 e. The van der Waals surface area contributed by atoms with Crippen LogP contribution in [0.25, 0.3) is 0 Å². The van der Waals surface area contributed by atoms with E-state index in [2.05, 4.69) is 26.6 Å². The molecule has 6 heteroatoms. The van der Waals surface area contributed by atoms with E-state index in [-0.39, 0.29) is 18.1 Å². The molecule has 2 atom stereocenters. The van der Waals surface area contributed by atoms with Crippen LogP contribution in [0, 0.1) is 0 Å². The summed E-state index contributed by atoms with van der Waals surface area (Å²) >= 11 is 0. The number of para-hydroxylation sites is 1. The number of nitrogens with zero attached hydrogens (tertiary/aromatic N) is 2. The average Bonchev–Trinajstić information content (AvgIpc) is 3.40. The molecule has 2 aliphatic rings. The van der Waals surface area contributed by atoms with Crippen LogP contribution in [-0.4, -0.2) is 54.3 Å². The van der Waals surface area contributed by atoms with Crippen molar-refractivity contribution < 1.29 is 9.53 Å². The third kappa shape index (κ3) is 4.69. The van der Waals surface area contributed by atoms with Crippen molar-refractivity contribution in [2.45, 2.75) is 37.8 Å². The van der Waals surface area contributed by atoms with Crippen LogP contribution in [0.3, 0.4) is 0 Å². The molecule has 2 aromatic rings. The van der Waals surface area contributed by atoms with E-state index in [0.29, 0.717) is 13.2 Å². The van der Waals surface area contributed by atoms with Crippen molar-refractivity contribution in [3.63, 3.8) is 0 Å². The molecule has 28 heavy (non-hydrogen) atoms. The Balaban J connectivity index is 1.35. The minimum absolute atomic E-state index is 0.0405. The zero-order valence-electron chi connectivity index (χ0n) is 16.1. The summed E-state index contributed by atoms with van der Waals surface area (Å²) in [5.74, 6) is 0. The standard InChI is InChI=1S/C22H28N4O2/c27-22(25-20-15-28-16-21(20)26-13-5-6-14-26)24-19-9-2-1-7-17(19)10-11-18-8-3-4-12-23-18/h1-4,7-9,12,20-21H,5-6,10-11,13-16H2,(H2,24,25,27)/t20-,21-/m0/s1. The number of urea groups is 1. The van der Waals surface area contributed by atoms with Gasteiger partial charge in [-0.25, -0.2) is 4.79 Å². The van der Waals surface area contributed by atoms with Crippen molar-refractivity contribution in [2.75, 3.05) is 31.6 Å². The van der Waals surface area contributed by atoms with Gasteiger partial charge in [0.2, 0.25) is 0 Å². The first-order valence-corrected chi connectivity index (χ1v) is 10.2. The smallest absolute Gasteiger partial charge is 0.319 e. The highest BCUT2D eigenvalue weighted by Gasteiger charge is 2.35. The molecule has 0 bridgehead atoms. The Morgan fingerprint density at radius 3 is 2.71 bits per heavy atom. The number of hydrogen-bond donors (Lipinski definition) is 2. The van der Waals surface area contributed by atoms with E-state index in [4.69, 9.17) is 4.74 Å². The predicted molar refractivity (Wildman–Crippen MR) is 109 cm³/mol. The van der Waals surface area contributed by atoms with Gasteiger partial charge in [-0.15, -0.1) is 0 Å². The third-order valence-corrected chi connectivity index (χ3v) is 5.62. The van der Waals surface area contributed by atoms with Crippen molar-refractivity contribution in [1.29, 1.82) is 0 Å². The Hall–Kier alpha value is -2.44. The van der Waals surface area contributed by atoms with Crippen molar-refractivity contribution >= 4 is 11.7 Å². The molecular formula is C22H28N4O2. The SMILES string of the molecule is O=C(Nc1ccccc1CCc1ccccn1)N[C@H]1COC[C@@H]1N1CCCC1. The second-order valence-corrected chi connectivity index (χ2v) is 7.53. The quantitative estimate of drug-likeness (QED) is 0.809. The van der Waals surface area contributed by atoms with Gasteiger partial charge < -0.3 is 15.4 Å². The average molecular weight is 380 g/mol. The number of rotatable bonds is 6. The number of nitrogens with one attached hydrogen (secondary N) is 2. The first kappa shape index (κ1) is 18.9. The summed E-state index contributed by atoms with van der Waals surface area (Å²) in [5.41, 5.74) is 3.02. The van der Waals surface area contributed by atoms with Gasteiger partial charge in [-0.1, -0.05) is 24.3 Å². The number of amides is 2. The normalized spacial score (nSPS) is 22.3. The summed E-state index contributed by atoms with van der Waals surface area (Å²) in [6.45, 7) is 3.48. The van der Waals surface area contributed by atoms with Crippen LogP contribution in [-0.2, 0) is 17.6 Å². The zero-order valence-corrected chi connectivity index (χ0v) is 16.1. The first-order valence-electron chi connectivity index (χ1n) is 10.2. The summed E-state index contributed by atoms with van der Waals surface area (Å²) in [4.78, 5) is 19.5. The van der Waals surface area contributed by atoms with Gasteiger partial charge in [0.1, 0.15) is 0 Å². The highest BCUT2D eigenvalue weighted by atomic mass is 16.5. The minimum Gasteiger partial charge on any atom is -0.378 e. The molecule has 1 aromatic heterocycles. The molecule has 4 rings (SSSR count). The molecule has 0 unspecified atom stereocenters. The number of pyridine rings is 1. The van der Waals surface area contributed by atoms with E-state index in [1.807, 2.05) is 42.6 Å². The molecule has 0 spiro atoms. The van der Waals surface area contributed by atoms with Gasteiger partial charge in [0.25, 0.3) is 0 Å². The molecule has 2 saturated heterocycles. The van der Waals surface area contributed by atoms with E-state index >= 15 is 0 Å². The molecule has 6 nitrogen and oxygen atoms in total. The van der Waals surface area contributed by atoms with Gasteiger partial charge in [0, 0.05) is 17.6 Å². The molecule has 3 heterocycles. The minimum atomic E-state index is -0.162. The number of hydrogen-bond acceptors (Lipinski definition) is 4. The van der Waals surface area contributed by atoms with Gasteiger partial charge in [-0.3, -0.25) is 9.88 Å². The number of aromatic nitrogens is 1. The van der Waals surface area contributed by atoms with Crippen molar-refractivity contribution in [3.05, 3.63) is 59.9 Å². The lowest BCUT2D eigenvalue weighted by Crippen LogP contribution is -2.51. The molecule has 0 aliphatic carbocycles. The Labute approximate surface area is 166 Å². The second kappa shape index (κ2) is 9.17. The molecule has 148 valence electrons. The number of carbonyl (C=O) groups excluding carboxylic acids is 1. The third-order valence-electron chi connectivity index (χ3n) is 5.62. The zero-order chi connectivity index (χ0) is 19.2. The van der Waals surface area contributed by atoms with Gasteiger partial charge in [-0.2, -0.15) is 0 Å². The Morgan fingerprint density at radius 2 is 1.89 bits per heavy atom. The second-order valence-electron chi connectivity index (χ2n) is 7.53. The lowest BCUT2D eigenvalue weighted by Gasteiger charge is -2.28. The lowest BCUT2D eigenvalue weighted by molar-refractivity contribution is 0.159. The van der Waals surface area contributed by atoms with Crippen LogP contribution >= 0.6 is 0 Å². The van der Waals surface area contributed by atoms with Crippen LogP contribution in [0.2, 0.25) is 0 Å². The number of aryl methyl sites for hydroxylation is 2. The molecule has 2 amide bonds. The monoisotopic (exact) mass is 380 g/mol. The Bertz CT molecular complexity index is 777. The van der Waals surface area contributed by atoms with E-state index in [0.717, 1.165) is 42.9 Å². The molecule has 1 aromatic carbocycles. The molecule has 2 aliphatic heterocycles. The maximum atomic E-state index is 12.6. The van der Waals surface area contributed by atoms with Crippen molar-refractivity contribution in [3.8, 4) is 0 Å². The van der Waals surface area contributed by atoms with Crippen molar-refractivity contribution in [2.24, 2.45) is 0 Å². The highest BCUT2D eigenvalue weighted by Crippen LogP contribution is 2.20. The molecule has 0 radical (unpaired) electrons. The Morgan fingerprint density at radius 1 is 1.07 bits per heavy atom. The van der Waals surface area contributed by atoms with Crippen LogP contribution in [0.5, 0.6) is 0 Å². The summed E-state index contributed by atoms with van der Waals surface area (Å²) in [6, 6.07) is 14.1. The number of likely N-dealkylation sites (tertiary alicyclic amines) is 1. The van der Waals surface area contributed by atoms with Crippen molar-refractivity contribution in [1.82, 2.24) is 15.2 Å². The van der Waals surface area contributed by atoms with Gasteiger partial charge in [-0.05, 0) is 62.5 Å². The molecule has 0 saturated carbocycles. The fourth-order valence-corrected chi connectivity index (χ4v) is 4.11. The van der Waals surface area contributed by atoms with E-state index < -0.39 is 0 Å². The number of benzene rings is 1. The molecule has 2 N–H and O–H groups in total. The summed E-state index contributed by atoms with van der Waals surface area (Å²) < 4.78 is 5.65. The van der Waals surface area contributed by atoms with Crippen LogP contribution in [0.4, 0.5) is 10.5 Å². The van der Waals surface area contributed by atoms with Crippen LogP contribution in [0.15, 0.2) is 48.7 Å². The number of anilines is 1. The topological polar surface area (TPSA) is 66.5 Å². The molecular weight excluding hydrogens is 352 g/mol. The van der Waals surface area contributed by atoms with Crippen LogP contribution < -0.4 is 10.6 Å². The first-order chi connectivity index (χ1) is 13.8. The van der Waals surface area contributed by atoms with Gasteiger partial charge in [0.05, 0.1) is 25.3 Å². The van der Waals surface area contributed by atoms with E-state index in [9.17, 15) is 4.79 Å². The summed E-state index contributed by atoms with van der Waals surface area (Å²) in [7, 11) is 0. The summed E-state index contributed by atoms with van der Waals surface area (Å²) in [6.07, 6.45) is 5.95. The predicted octanol–water partition coefficient (Wildman–Crippen LogP) is 2.85. The maximum absolute atomic E-state index is 12.6. The lowest BCUT2D eigenvalue weighted by atomic mass is 10.1. The largest absolute Gasteiger partial charge is 0.378 e. The molecule has 2 fully saturated rings. The summed E-state index contributed by atoms with van der Waals surface area (Å²) in [5, 5.41) is 6.17. The fraction of sp³-hybridized carbons (Fsp3) is 0.455. The van der Waals surface area contributed by atoms with Crippen LogP contribution in [0.1, 0.15) is 24.1 Å². The van der Waals surface area contributed by atoms with Gasteiger partial charge in [0.15, 0.2) is 0 Å². The fourth-order valence-electron chi connectivity index (χ4n) is 4.11. The highest BCUT2D eigenvalue weighted by molar-refractivity contribution is 5.90. The van der Waals surface area contributed by atoms with E-state index in [1.165, 1.54) is 12.8 Å².